The Kier molecular flexibility index (Phi) is 3.69. The monoisotopic (exact) mass is 242 g/mol. The van der Waals surface area contributed by atoms with Gasteiger partial charge in [-0.05, 0) is 24.1 Å². The summed E-state index contributed by atoms with van der Waals surface area (Å²) in [6, 6.07) is 5.33. The van der Waals surface area contributed by atoms with E-state index >= 15 is 0 Å². The molecule has 0 spiro atoms. The third-order valence-corrected chi connectivity index (χ3v) is 3.27. The highest BCUT2D eigenvalue weighted by Crippen LogP contribution is 2.34. The Morgan fingerprint density at radius 1 is 1.56 bits per heavy atom. The summed E-state index contributed by atoms with van der Waals surface area (Å²) in [7, 11) is 1.59. The van der Waals surface area contributed by atoms with Gasteiger partial charge in [-0.3, -0.25) is 0 Å². The highest BCUT2D eigenvalue weighted by molar-refractivity contribution is 6.31. The molecule has 3 nitrogen and oxygen atoms in total. The number of halogens is 1. The third kappa shape index (κ3) is 2.32. The second kappa shape index (κ2) is 5.04. The van der Waals surface area contributed by atoms with Crippen molar-refractivity contribution >= 4 is 11.6 Å². The van der Waals surface area contributed by atoms with E-state index in [9.17, 15) is 5.11 Å². The van der Waals surface area contributed by atoms with Crippen LogP contribution in [0, 0.1) is 5.92 Å². The molecule has 0 radical (unpaired) electrons. The van der Waals surface area contributed by atoms with Crippen molar-refractivity contribution in [2.45, 2.75) is 12.5 Å². The van der Waals surface area contributed by atoms with Crippen molar-refractivity contribution in [3.05, 3.63) is 28.8 Å². The Labute approximate surface area is 99.9 Å². The SMILES string of the molecule is COc1ccc(C(O)C2CCOC2)c(Cl)c1. The van der Waals surface area contributed by atoms with Crippen molar-refractivity contribution in [1.29, 1.82) is 0 Å². The molecule has 2 rings (SSSR count). The number of aliphatic hydroxyl groups is 1. The van der Waals surface area contributed by atoms with Crippen molar-refractivity contribution in [2.75, 3.05) is 20.3 Å². The molecule has 1 aliphatic rings. The lowest BCUT2D eigenvalue weighted by atomic mass is 9.95. The average molecular weight is 243 g/mol. The number of aliphatic hydroxyl groups excluding tert-OH is 1. The van der Waals surface area contributed by atoms with Gasteiger partial charge in [0, 0.05) is 12.5 Å². The fourth-order valence-corrected chi connectivity index (χ4v) is 2.21. The molecule has 1 aromatic carbocycles. The molecule has 1 aliphatic heterocycles. The van der Waals surface area contributed by atoms with Crippen molar-refractivity contribution in [3.8, 4) is 5.75 Å². The Morgan fingerprint density at radius 3 is 2.94 bits per heavy atom. The zero-order valence-corrected chi connectivity index (χ0v) is 9.91. The quantitative estimate of drug-likeness (QED) is 0.885. The largest absolute Gasteiger partial charge is 0.497 e. The highest BCUT2D eigenvalue weighted by Gasteiger charge is 2.26. The van der Waals surface area contributed by atoms with Gasteiger partial charge in [-0.2, -0.15) is 0 Å². The third-order valence-electron chi connectivity index (χ3n) is 2.94. The maximum atomic E-state index is 10.2. The fraction of sp³-hybridized carbons (Fsp3) is 0.500. The molecule has 2 unspecified atom stereocenters. The first-order chi connectivity index (χ1) is 7.72. The maximum Gasteiger partial charge on any atom is 0.120 e. The molecule has 16 heavy (non-hydrogen) atoms. The van der Waals surface area contributed by atoms with Gasteiger partial charge in [0.2, 0.25) is 0 Å². The maximum absolute atomic E-state index is 10.2. The van der Waals surface area contributed by atoms with Gasteiger partial charge >= 0.3 is 0 Å². The van der Waals surface area contributed by atoms with Crippen LogP contribution >= 0.6 is 11.6 Å². The summed E-state index contributed by atoms with van der Waals surface area (Å²) in [6.45, 7) is 1.32. The van der Waals surface area contributed by atoms with Crippen molar-refractivity contribution in [2.24, 2.45) is 5.92 Å². The van der Waals surface area contributed by atoms with Crippen LogP contribution in [0.2, 0.25) is 5.02 Å². The number of ether oxygens (including phenoxy) is 2. The van der Waals surface area contributed by atoms with Crippen LogP contribution in [0.25, 0.3) is 0 Å². The zero-order chi connectivity index (χ0) is 11.5. The van der Waals surface area contributed by atoms with Crippen LogP contribution in [-0.2, 0) is 4.74 Å². The van der Waals surface area contributed by atoms with E-state index in [2.05, 4.69) is 0 Å². The minimum Gasteiger partial charge on any atom is -0.497 e. The molecule has 1 fully saturated rings. The normalized spacial score (nSPS) is 22.1. The standard InChI is InChI=1S/C12H15ClO3/c1-15-9-2-3-10(11(13)6-9)12(14)8-4-5-16-7-8/h2-3,6,8,12,14H,4-5,7H2,1H3. The summed E-state index contributed by atoms with van der Waals surface area (Å²) >= 11 is 6.10. The fourth-order valence-electron chi connectivity index (χ4n) is 1.93. The summed E-state index contributed by atoms with van der Waals surface area (Å²) in [6.07, 6.45) is 0.324. The predicted molar refractivity (Wildman–Crippen MR) is 61.9 cm³/mol. The molecule has 0 aromatic heterocycles. The zero-order valence-electron chi connectivity index (χ0n) is 9.15. The van der Waals surface area contributed by atoms with Crippen LogP contribution in [-0.4, -0.2) is 25.4 Å². The summed E-state index contributed by atoms with van der Waals surface area (Å²) in [5.41, 5.74) is 0.748. The summed E-state index contributed by atoms with van der Waals surface area (Å²) < 4.78 is 10.3. The number of hydrogen-bond acceptors (Lipinski definition) is 3. The van der Waals surface area contributed by atoms with Gasteiger partial charge in [0.15, 0.2) is 0 Å². The van der Waals surface area contributed by atoms with E-state index in [1.54, 1.807) is 19.2 Å². The Balaban J connectivity index is 2.19. The second-order valence-electron chi connectivity index (χ2n) is 3.96. The summed E-state index contributed by atoms with van der Waals surface area (Å²) in [5.74, 6) is 0.842. The molecule has 0 bridgehead atoms. The lowest BCUT2D eigenvalue weighted by Gasteiger charge is -2.18. The van der Waals surface area contributed by atoms with Gasteiger partial charge in [-0.1, -0.05) is 17.7 Å². The molecule has 88 valence electrons. The summed E-state index contributed by atoms with van der Waals surface area (Å²) in [4.78, 5) is 0. The van der Waals surface area contributed by atoms with E-state index in [0.717, 1.165) is 18.6 Å². The topological polar surface area (TPSA) is 38.7 Å². The van der Waals surface area contributed by atoms with E-state index in [4.69, 9.17) is 21.1 Å². The van der Waals surface area contributed by atoms with Gasteiger partial charge in [-0.15, -0.1) is 0 Å². The van der Waals surface area contributed by atoms with Gasteiger partial charge in [0.25, 0.3) is 0 Å². The molecule has 4 heteroatoms. The van der Waals surface area contributed by atoms with Crippen LogP contribution in [0.15, 0.2) is 18.2 Å². The molecular formula is C12H15ClO3. The molecule has 1 aromatic rings. The minimum atomic E-state index is -0.555. The second-order valence-corrected chi connectivity index (χ2v) is 4.36. The number of methoxy groups -OCH3 is 1. The lowest BCUT2D eigenvalue weighted by Crippen LogP contribution is -2.12. The molecule has 0 saturated carbocycles. The number of benzene rings is 1. The molecule has 1 heterocycles. The smallest absolute Gasteiger partial charge is 0.120 e. The van der Waals surface area contributed by atoms with Crippen LogP contribution in [0.4, 0.5) is 0 Å². The van der Waals surface area contributed by atoms with E-state index in [1.807, 2.05) is 6.07 Å². The van der Waals surface area contributed by atoms with Crippen molar-refractivity contribution in [1.82, 2.24) is 0 Å². The van der Waals surface area contributed by atoms with E-state index in [-0.39, 0.29) is 5.92 Å². The highest BCUT2D eigenvalue weighted by atomic mass is 35.5. The van der Waals surface area contributed by atoms with Gasteiger partial charge in [0.05, 0.1) is 24.8 Å². The predicted octanol–water partition coefficient (Wildman–Crippen LogP) is 2.42. The van der Waals surface area contributed by atoms with E-state index < -0.39 is 6.10 Å². The van der Waals surface area contributed by atoms with E-state index in [1.165, 1.54) is 0 Å². The Hall–Kier alpha value is -0.770. The first-order valence-corrected chi connectivity index (χ1v) is 5.69. The van der Waals surface area contributed by atoms with Gasteiger partial charge in [-0.25, -0.2) is 0 Å². The average Bonchev–Trinajstić information content (AvgIpc) is 2.81. The molecule has 0 aliphatic carbocycles. The Morgan fingerprint density at radius 2 is 2.38 bits per heavy atom. The minimum absolute atomic E-state index is 0.144. The van der Waals surface area contributed by atoms with Crippen LogP contribution in [0.3, 0.4) is 0 Å². The molecule has 2 atom stereocenters. The van der Waals surface area contributed by atoms with Crippen LogP contribution in [0.1, 0.15) is 18.1 Å². The Bertz CT molecular complexity index is 361. The first kappa shape index (κ1) is 11.7. The van der Waals surface area contributed by atoms with Gasteiger partial charge in [0.1, 0.15) is 5.75 Å². The van der Waals surface area contributed by atoms with Crippen molar-refractivity contribution < 1.29 is 14.6 Å². The van der Waals surface area contributed by atoms with Crippen LogP contribution < -0.4 is 4.74 Å². The van der Waals surface area contributed by atoms with E-state index in [0.29, 0.717) is 17.4 Å². The molecule has 0 amide bonds. The van der Waals surface area contributed by atoms with Crippen molar-refractivity contribution in [3.63, 3.8) is 0 Å². The molecule has 1 saturated heterocycles. The molecular weight excluding hydrogens is 228 g/mol. The lowest BCUT2D eigenvalue weighted by molar-refractivity contribution is 0.0918. The summed E-state index contributed by atoms with van der Waals surface area (Å²) in [5, 5.41) is 10.7. The van der Waals surface area contributed by atoms with Crippen LogP contribution in [0.5, 0.6) is 5.75 Å². The number of hydrogen-bond donors (Lipinski definition) is 1. The number of rotatable bonds is 3. The first-order valence-electron chi connectivity index (χ1n) is 5.31. The van der Waals surface area contributed by atoms with Gasteiger partial charge < -0.3 is 14.6 Å². The molecule has 1 N–H and O–H groups in total.